The fourth-order valence-corrected chi connectivity index (χ4v) is 2.57. The molecule has 3 atom stereocenters. The molecule has 2 N–H and O–H groups in total. The molecule has 3 unspecified atom stereocenters. The van der Waals surface area contributed by atoms with E-state index in [-0.39, 0.29) is 5.97 Å². The summed E-state index contributed by atoms with van der Waals surface area (Å²) in [6.07, 6.45) is 4.49. The number of nitrogens with two attached hydrogens (primary N) is 1. The van der Waals surface area contributed by atoms with Crippen LogP contribution in [0.5, 0.6) is 0 Å². The lowest BCUT2D eigenvalue weighted by atomic mass is 9.97. The van der Waals surface area contributed by atoms with Crippen LogP contribution in [0, 0.1) is 0 Å². The van der Waals surface area contributed by atoms with Crippen LogP contribution in [0.3, 0.4) is 0 Å². The molecule has 1 heterocycles. The molecule has 1 rings (SSSR count). The predicted molar refractivity (Wildman–Crippen MR) is 68.7 cm³/mol. The Morgan fingerprint density at radius 3 is 2.53 bits per heavy atom. The van der Waals surface area contributed by atoms with Gasteiger partial charge in [0, 0.05) is 18.6 Å². The first-order valence-corrected chi connectivity index (χ1v) is 6.74. The van der Waals surface area contributed by atoms with E-state index in [9.17, 15) is 4.79 Å². The molecule has 1 saturated heterocycles. The van der Waals surface area contributed by atoms with Gasteiger partial charge in [0.15, 0.2) is 0 Å². The first kappa shape index (κ1) is 14.5. The first-order valence-electron chi connectivity index (χ1n) is 6.74. The summed E-state index contributed by atoms with van der Waals surface area (Å²) < 4.78 is 4.91. The SMILES string of the molecule is CCOC(=O)C(N)CCN1C(C)CCCC1C. The minimum absolute atomic E-state index is 0.273. The van der Waals surface area contributed by atoms with Gasteiger partial charge in [-0.1, -0.05) is 6.42 Å². The lowest BCUT2D eigenvalue weighted by Crippen LogP contribution is -2.46. The molecule has 0 aromatic rings. The third kappa shape index (κ3) is 4.28. The van der Waals surface area contributed by atoms with Crippen molar-refractivity contribution in [3.63, 3.8) is 0 Å². The second-order valence-corrected chi connectivity index (χ2v) is 5.01. The maximum Gasteiger partial charge on any atom is 0.322 e. The molecule has 0 spiro atoms. The monoisotopic (exact) mass is 242 g/mol. The number of hydrogen-bond donors (Lipinski definition) is 1. The quantitative estimate of drug-likeness (QED) is 0.743. The Morgan fingerprint density at radius 1 is 1.41 bits per heavy atom. The number of carbonyl (C=O) groups is 1. The largest absolute Gasteiger partial charge is 0.465 e. The number of likely N-dealkylation sites (tertiary alicyclic amines) is 1. The highest BCUT2D eigenvalue weighted by Gasteiger charge is 2.25. The highest BCUT2D eigenvalue weighted by atomic mass is 16.5. The summed E-state index contributed by atoms with van der Waals surface area (Å²) in [5.41, 5.74) is 5.81. The zero-order valence-corrected chi connectivity index (χ0v) is 11.3. The molecule has 4 nitrogen and oxygen atoms in total. The number of esters is 1. The molecule has 1 aliphatic rings. The lowest BCUT2D eigenvalue weighted by Gasteiger charge is -2.39. The van der Waals surface area contributed by atoms with Crippen LogP contribution < -0.4 is 5.73 Å². The molecule has 0 aromatic heterocycles. The van der Waals surface area contributed by atoms with Crippen LogP contribution in [0.4, 0.5) is 0 Å². The molecule has 17 heavy (non-hydrogen) atoms. The summed E-state index contributed by atoms with van der Waals surface area (Å²) in [6, 6.07) is 0.734. The maximum atomic E-state index is 11.4. The Labute approximate surface area is 104 Å². The van der Waals surface area contributed by atoms with Gasteiger partial charge in [-0.15, -0.1) is 0 Å². The highest BCUT2D eigenvalue weighted by molar-refractivity contribution is 5.75. The topological polar surface area (TPSA) is 55.6 Å². The number of piperidine rings is 1. The summed E-state index contributed by atoms with van der Waals surface area (Å²) in [4.78, 5) is 13.9. The summed E-state index contributed by atoms with van der Waals surface area (Å²) in [7, 11) is 0. The first-order chi connectivity index (χ1) is 8.06. The van der Waals surface area contributed by atoms with Gasteiger partial charge in [0.2, 0.25) is 0 Å². The van der Waals surface area contributed by atoms with Crippen molar-refractivity contribution in [3.8, 4) is 0 Å². The molecule has 100 valence electrons. The number of rotatable bonds is 5. The van der Waals surface area contributed by atoms with E-state index in [0.29, 0.717) is 25.1 Å². The van der Waals surface area contributed by atoms with Crippen molar-refractivity contribution < 1.29 is 9.53 Å². The summed E-state index contributed by atoms with van der Waals surface area (Å²) in [5, 5.41) is 0. The van der Waals surface area contributed by atoms with E-state index in [2.05, 4.69) is 18.7 Å². The predicted octanol–water partition coefficient (Wildman–Crippen LogP) is 1.53. The molecule has 0 aliphatic carbocycles. The van der Waals surface area contributed by atoms with Crippen LogP contribution in [-0.4, -0.2) is 42.1 Å². The van der Waals surface area contributed by atoms with Crippen LogP contribution in [0.1, 0.15) is 46.5 Å². The normalized spacial score (nSPS) is 27.8. The van der Waals surface area contributed by atoms with Crippen LogP contribution in [0.15, 0.2) is 0 Å². The van der Waals surface area contributed by atoms with E-state index >= 15 is 0 Å². The standard InChI is InChI=1S/C13H26N2O2/c1-4-17-13(16)12(14)8-9-15-10(2)6-5-7-11(15)3/h10-12H,4-9,14H2,1-3H3. The molecule has 0 saturated carbocycles. The fourth-order valence-electron chi connectivity index (χ4n) is 2.57. The second-order valence-electron chi connectivity index (χ2n) is 5.01. The third-order valence-electron chi connectivity index (χ3n) is 3.66. The number of ether oxygens (including phenoxy) is 1. The van der Waals surface area contributed by atoms with Crippen molar-refractivity contribution >= 4 is 5.97 Å². The zero-order chi connectivity index (χ0) is 12.8. The van der Waals surface area contributed by atoms with Crippen molar-refractivity contribution in [3.05, 3.63) is 0 Å². The van der Waals surface area contributed by atoms with E-state index < -0.39 is 6.04 Å². The van der Waals surface area contributed by atoms with Gasteiger partial charge in [-0.25, -0.2) is 0 Å². The Balaban J connectivity index is 2.35. The maximum absolute atomic E-state index is 11.4. The lowest BCUT2D eigenvalue weighted by molar-refractivity contribution is -0.145. The van der Waals surface area contributed by atoms with E-state index in [1.165, 1.54) is 19.3 Å². The van der Waals surface area contributed by atoms with E-state index in [1.54, 1.807) is 6.92 Å². The summed E-state index contributed by atoms with van der Waals surface area (Å²) in [5.74, 6) is -0.273. The minimum atomic E-state index is -0.476. The Morgan fingerprint density at radius 2 is 2.00 bits per heavy atom. The Hall–Kier alpha value is -0.610. The molecular formula is C13H26N2O2. The molecule has 4 heteroatoms. The average Bonchev–Trinajstić information content (AvgIpc) is 2.28. The highest BCUT2D eigenvalue weighted by Crippen LogP contribution is 2.22. The second kappa shape index (κ2) is 6.97. The van der Waals surface area contributed by atoms with Gasteiger partial charge >= 0.3 is 5.97 Å². The molecule has 0 radical (unpaired) electrons. The molecule has 1 aliphatic heterocycles. The molecule has 0 amide bonds. The third-order valence-corrected chi connectivity index (χ3v) is 3.66. The van der Waals surface area contributed by atoms with Gasteiger partial charge in [-0.3, -0.25) is 9.69 Å². The number of carbonyl (C=O) groups excluding carboxylic acids is 1. The van der Waals surface area contributed by atoms with Crippen molar-refractivity contribution in [2.75, 3.05) is 13.2 Å². The van der Waals surface area contributed by atoms with Gasteiger partial charge in [0.25, 0.3) is 0 Å². The average molecular weight is 242 g/mol. The van der Waals surface area contributed by atoms with Crippen molar-refractivity contribution in [2.24, 2.45) is 5.73 Å². The van der Waals surface area contributed by atoms with Crippen LogP contribution in [0.25, 0.3) is 0 Å². The Kier molecular flexibility index (Phi) is 5.92. The molecule has 0 bridgehead atoms. The van der Waals surface area contributed by atoms with Gasteiger partial charge in [0.1, 0.15) is 6.04 Å². The summed E-state index contributed by atoms with van der Waals surface area (Å²) in [6.45, 7) is 7.61. The zero-order valence-electron chi connectivity index (χ0n) is 11.3. The van der Waals surface area contributed by atoms with E-state index in [0.717, 1.165) is 6.54 Å². The molecular weight excluding hydrogens is 216 g/mol. The van der Waals surface area contributed by atoms with Crippen LogP contribution in [0.2, 0.25) is 0 Å². The van der Waals surface area contributed by atoms with Crippen molar-refractivity contribution in [2.45, 2.75) is 64.6 Å². The van der Waals surface area contributed by atoms with Crippen molar-refractivity contribution in [1.29, 1.82) is 0 Å². The minimum Gasteiger partial charge on any atom is -0.465 e. The molecule has 0 aromatic carbocycles. The van der Waals surface area contributed by atoms with E-state index in [1.807, 2.05) is 0 Å². The van der Waals surface area contributed by atoms with Crippen molar-refractivity contribution in [1.82, 2.24) is 4.90 Å². The molecule has 1 fully saturated rings. The van der Waals surface area contributed by atoms with Gasteiger partial charge in [-0.05, 0) is 40.0 Å². The smallest absolute Gasteiger partial charge is 0.322 e. The van der Waals surface area contributed by atoms with Gasteiger partial charge in [-0.2, -0.15) is 0 Å². The number of nitrogens with zero attached hydrogens (tertiary/aromatic N) is 1. The van der Waals surface area contributed by atoms with Gasteiger partial charge in [0.05, 0.1) is 6.61 Å². The fraction of sp³-hybridized carbons (Fsp3) is 0.923. The van der Waals surface area contributed by atoms with Crippen LogP contribution >= 0.6 is 0 Å². The summed E-state index contributed by atoms with van der Waals surface area (Å²) >= 11 is 0. The van der Waals surface area contributed by atoms with E-state index in [4.69, 9.17) is 10.5 Å². The van der Waals surface area contributed by atoms with Crippen LogP contribution in [-0.2, 0) is 9.53 Å². The number of hydrogen-bond acceptors (Lipinski definition) is 4. The van der Waals surface area contributed by atoms with Gasteiger partial charge < -0.3 is 10.5 Å². The Bertz CT molecular complexity index is 236.